The van der Waals surface area contributed by atoms with Crippen molar-refractivity contribution < 1.29 is 24.5 Å². The van der Waals surface area contributed by atoms with E-state index in [2.05, 4.69) is 46.3 Å². The molecule has 3 N–H and O–H groups in total. The van der Waals surface area contributed by atoms with Gasteiger partial charge in [-0.05, 0) is 62.7 Å². The number of nitrogens with zero attached hydrogens (tertiary/aromatic N) is 1. The van der Waals surface area contributed by atoms with Crippen molar-refractivity contribution in [3.8, 4) is 5.75 Å². The van der Waals surface area contributed by atoms with Gasteiger partial charge in [0.2, 0.25) is 0 Å². The van der Waals surface area contributed by atoms with E-state index in [1.54, 1.807) is 6.20 Å². The molecule has 2 aliphatic rings. The van der Waals surface area contributed by atoms with Crippen molar-refractivity contribution in [2.45, 2.75) is 51.5 Å². The van der Waals surface area contributed by atoms with E-state index in [4.69, 9.17) is 24.5 Å². The van der Waals surface area contributed by atoms with Gasteiger partial charge in [-0.1, -0.05) is 55.7 Å². The summed E-state index contributed by atoms with van der Waals surface area (Å²) in [6.45, 7) is 3.65. The van der Waals surface area contributed by atoms with Crippen molar-refractivity contribution in [3.63, 3.8) is 0 Å². The number of pyridine rings is 1. The van der Waals surface area contributed by atoms with Gasteiger partial charge in [0.1, 0.15) is 5.75 Å². The minimum absolute atomic E-state index is 0.0318. The van der Waals surface area contributed by atoms with Crippen molar-refractivity contribution in [2.75, 3.05) is 19.7 Å². The van der Waals surface area contributed by atoms with Gasteiger partial charge >= 0.3 is 11.9 Å². The number of carboxylic acid groups (broad SMARTS) is 2. The lowest BCUT2D eigenvalue weighted by Gasteiger charge is -2.30. The fraction of sp³-hybridized carbons (Fsp3) is 0.464. The molecule has 1 aliphatic heterocycles. The molecule has 0 amide bonds. The highest BCUT2D eigenvalue weighted by atomic mass is 16.5. The number of rotatable bonds is 7. The number of para-hydroxylation sites is 1. The Labute approximate surface area is 211 Å². The molecule has 4 rings (SSSR count). The molecule has 0 unspecified atom stereocenters. The highest BCUT2D eigenvalue weighted by Crippen LogP contribution is 2.27. The molecular formula is C28H36N2O6. The lowest BCUT2D eigenvalue weighted by molar-refractivity contribution is -0.159. The number of ether oxygens (including phenoxy) is 1. The van der Waals surface area contributed by atoms with Crippen molar-refractivity contribution >= 4 is 18.0 Å². The number of piperidine rings is 1. The highest BCUT2D eigenvalue weighted by molar-refractivity contribution is 6.27. The third-order valence-corrected chi connectivity index (χ3v) is 6.78. The summed E-state index contributed by atoms with van der Waals surface area (Å²) < 4.78 is 6.22. The first-order chi connectivity index (χ1) is 17.4. The van der Waals surface area contributed by atoms with Crippen molar-refractivity contribution in [2.24, 2.45) is 11.8 Å². The Hall–Kier alpha value is -3.39. The molecule has 36 heavy (non-hydrogen) atoms. The average molecular weight is 497 g/mol. The van der Waals surface area contributed by atoms with Crippen LogP contribution in [0.3, 0.4) is 0 Å². The fourth-order valence-electron chi connectivity index (χ4n) is 4.68. The first-order valence-electron chi connectivity index (χ1n) is 12.7. The number of hydrogen-bond donors (Lipinski definition) is 3. The summed E-state index contributed by atoms with van der Waals surface area (Å²) in [6, 6.07) is 12.2. The number of aliphatic carboxylic acids is 2. The third-order valence-electron chi connectivity index (χ3n) is 6.78. The normalized spacial score (nSPS) is 17.3. The molecule has 8 nitrogen and oxygen atoms in total. The lowest BCUT2D eigenvalue weighted by Crippen LogP contribution is -2.34. The first-order valence-corrected chi connectivity index (χ1v) is 12.7. The predicted octanol–water partition coefficient (Wildman–Crippen LogP) is 4.42. The van der Waals surface area contributed by atoms with Gasteiger partial charge in [0, 0.05) is 23.9 Å². The van der Waals surface area contributed by atoms with Gasteiger partial charge in [-0.15, -0.1) is 0 Å². The largest absolute Gasteiger partial charge is 0.493 e. The molecule has 194 valence electrons. The van der Waals surface area contributed by atoms with Gasteiger partial charge < -0.3 is 19.9 Å². The Morgan fingerprint density at radius 3 is 2.33 bits per heavy atom. The smallest absolute Gasteiger partial charge is 0.414 e. The van der Waals surface area contributed by atoms with Crippen molar-refractivity contribution in [1.82, 2.24) is 9.88 Å². The molecule has 2 heterocycles. The summed E-state index contributed by atoms with van der Waals surface area (Å²) >= 11 is 0. The Bertz CT molecular complexity index is 1050. The van der Waals surface area contributed by atoms with Crippen LogP contribution in [0.1, 0.15) is 56.1 Å². The summed E-state index contributed by atoms with van der Waals surface area (Å²) in [5.74, 6) is -1.33. The Morgan fingerprint density at radius 2 is 1.67 bits per heavy atom. The maximum Gasteiger partial charge on any atom is 0.414 e. The number of allylic oxidation sites excluding steroid dienone is 1. The molecule has 0 bridgehead atoms. The topological polar surface area (TPSA) is 120 Å². The van der Waals surface area contributed by atoms with Crippen LogP contribution in [0.5, 0.6) is 5.75 Å². The van der Waals surface area contributed by atoms with Crippen molar-refractivity contribution in [1.29, 1.82) is 0 Å². The number of H-pyrrole nitrogens is 1. The minimum atomic E-state index is -1.82. The van der Waals surface area contributed by atoms with Crippen LogP contribution in [0.15, 0.2) is 53.5 Å². The number of benzene rings is 1. The monoisotopic (exact) mass is 496 g/mol. The third kappa shape index (κ3) is 9.00. The molecule has 0 radical (unpaired) electrons. The van der Waals surface area contributed by atoms with Gasteiger partial charge in [0.25, 0.3) is 5.56 Å². The molecule has 2 fully saturated rings. The van der Waals surface area contributed by atoms with Crippen LogP contribution >= 0.6 is 0 Å². The van der Waals surface area contributed by atoms with Gasteiger partial charge in [-0.3, -0.25) is 9.69 Å². The second-order valence-electron chi connectivity index (χ2n) is 9.46. The Kier molecular flexibility index (Phi) is 10.8. The summed E-state index contributed by atoms with van der Waals surface area (Å²) in [7, 11) is 0. The van der Waals surface area contributed by atoms with E-state index in [9.17, 15) is 4.79 Å². The Morgan fingerprint density at radius 1 is 0.972 bits per heavy atom. The molecule has 0 spiro atoms. The standard InChI is InChI=1S/C26H34N2O2.C2H2O4/c29-26-24(10-6-16-27-26)19-28-17-14-21(15-18-28)12-13-23-9-4-5-11-25(23)30-20-22-7-2-1-3-8-22;3-1(4)2(5)6/h4-6,9-13,16,21-22H,1-3,7-8,14-15,17-20H2,(H,27,29);(H,3,4)(H,5,6)/b13-12-;. The van der Waals surface area contributed by atoms with E-state index in [1.807, 2.05) is 12.1 Å². The molecule has 1 saturated heterocycles. The molecule has 2 aromatic rings. The van der Waals surface area contributed by atoms with Crippen LogP contribution in [0.25, 0.3) is 6.08 Å². The van der Waals surface area contributed by atoms with Gasteiger partial charge in [-0.25, -0.2) is 9.59 Å². The van der Waals surface area contributed by atoms with E-state index in [0.717, 1.165) is 56.3 Å². The maximum atomic E-state index is 11.9. The molecule has 1 saturated carbocycles. The SMILES string of the molecule is O=C(O)C(=O)O.O=c1[nH]cccc1CN1CCC(/C=C\c2ccccc2OCC2CCCCC2)CC1. The van der Waals surface area contributed by atoms with Crippen LogP contribution in [-0.4, -0.2) is 51.7 Å². The molecule has 0 atom stereocenters. The summed E-state index contributed by atoms with van der Waals surface area (Å²) in [6.07, 6.45) is 15.3. The van der Waals surface area contributed by atoms with Crippen molar-refractivity contribution in [3.05, 3.63) is 70.2 Å². The zero-order valence-corrected chi connectivity index (χ0v) is 20.6. The zero-order valence-electron chi connectivity index (χ0n) is 20.6. The van der Waals surface area contributed by atoms with E-state index in [0.29, 0.717) is 5.92 Å². The highest BCUT2D eigenvalue weighted by Gasteiger charge is 2.18. The first kappa shape index (κ1) is 27.2. The number of carbonyl (C=O) groups is 2. The van der Waals surface area contributed by atoms with E-state index in [1.165, 1.54) is 37.7 Å². The van der Waals surface area contributed by atoms with Crippen LogP contribution in [0, 0.1) is 11.8 Å². The number of aromatic amines is 1. The van der Waals surface area contributed by atoms with Gasteiger partial charge in [0.15, 0.2) is 0 Å². The van der Waals surface area contributed by atoms with Crippen LogP contribution in [-0.2, 0) is 16.1 Å². The fourth-order valence-corrected chi connectivity index (χ4v) is 4.68. The van der Waals surface area contributed by atoms with Crippen LogP contribution in [0.2, 0.25) is 0 Å². The number of likely N-dealkylation sites (tertiary alicyclic amines) is 1. The lowest BCUT2D eigenvalue weighted by atomic mass is 9.90. The number of hydrogen-bond acceptors (Lipinski definition) is 5. The van der Waals surface area contributed by atoms with Gasteiger partial charge in [-0.2, -0.15) is 0 Å². The van der Waals surface area contributed by atoms with Crippen LogP contribution < -0.4 is 10.3 Å². The average Bonchev–Trinajstić information content (AvgIpc) is 2.90. The molecule has 1 aromatic carbocycles. The second-order valence-corrected chi connectivity index (χ2v) is 9.46. The van der Waals surface area contributed by atoms with E-state index in [-0.39, 0.29) is 5.56 Å². The molecule has 8 heteroatoms. The Balaban J connectivity index is 0.000000538. The molecule has 1 aliphatic carbocycles. The number of carboxylic acids is 2. The summed E-state index contributed by atoms with van der Waals surface area (Å²) in [4.78, 5) is 35.2. The number of nitrogens with one attached hydrogen (secondary N) is 1. The molecule has 1 aromatic heterocycles. The quantitative estimate of drug-likeness (QED) is 0.486. The zero-order chi connectivity index (χ0) is 25.8. The van der Waals surface area contributed by atoms with E-state index < -0.39 is 11.9 Å². The van der Waals surface area contributed by atoms with E-state index >= 15 is 0 Å². The number of aromatic nitrogens is 1. The van der Waals surface area contributed by atoms with Gasteiger partial charge in [0.05, 0.1) is 6.61 Å². The predicted molar refractivity (Wildman–Crippen MR) is 138 cm³/mol. The van der Waals surface area contributed by atoms with Crippen LogP contribution in [0.4, 0.5) is 0 Å². The minimum Gasteiger partial charge on any atom is -0.493 e. The molecular weight excluding hydrogens is 460 g/mol. The summed E-state index contributed by atoms with van der Waals surface area (Å²) in [5, 5.41) is 14.8. The second kappa shape index (κ2) is 14.2. The summed E-state index contributed by atoms with van der Waals surface area (Å²) in [5.41, 5.74) is 2.08. The maximum absolute atomic E-state index is 11.9.